The minimum absolute atomic E-state index is 0.145. The number of nitrogens with one attached hydrogen (secondary N) is 1. The van der Waals surface area contributed by atoms with Crippen LogP contribution in [0.15, 0.2) is 60.0 Å². The molecule has 0 spiro atoms. The molecule has 0 aliphatic carbocycles. The van der Waals surface area contributed by atoms with E-state index in [1.54, 1.807) is 23.3 Å². The molecule has 0 aliphatic rings. The number of aryl methyl sites for hydroxylation is 1. The average Bonchev–Trinajstić information content (AvgIpc) is 3.12. The van der Waals surface area contributed by atoms with Crippen LogP contribution in [0.3, 0.4) is 0 Å². The molecule has 0 aliphatic heterocycles. The minimum Gasteiger partial charge on any atom is -0.494 e. The van der Waals surface area contributed by atoms with E-state index in [-0.39, 0.29) is 12.1 Å². The second-order valence-corrected chi connectivity index (χ2v) is 7.57. The lowest BCUT2D eigenvalue weighted by Gasteiger charge is -2.24. The lowest BCUT2D eigenvalue weighted by molar-refractivity contribution is 0.204. The number of benzene rings is 2. The van der Waals surface area contributed by atoms with E-state index in [1.165, 1.54) is 0 Å². The van der Waals surface area contributed by atoms with Crippen LogP contribution in [0.25, 0.3) is 0 Å². The summed E-state index contributed by atoms with van der Waals surface area (Å²) in [5.74, 6) is 0.820. The van der Waals surface area contributed by atoms with Crippen LogP contribution in [0.5, 0.6) is 5.75 Å². The summed E-state index contributed by atoms with van der Waals surface area (Å²) in [6, 6.07) is 17.4. The van der Waals surface area contributed by atoms with Gasteiger partial charge in [-0.05, 0) is 37.1 Å². The van der Waals surface area contributed by atoms with Crippen molar-refractivity contribution in [3.05, 3.63) is 81.8 Å². The van der Waals surface area contributed by atoms with Crippen molar-refractivity contribution >= 4 is 17.4 Å². The molecule has 3 rings (SSSR count). The van der Waals surface area contributed by atoms with Gasteiger partial charge in [-0.25, -0.2) is 9.78 Å². The molecule has 0 saturated heterocycles. The minimum atomic E-state index is -0.246. The molecular weight excluding hydrogens is 370 g/mol. The molecule has 0 saturated carbocycles. The predicted molar refractivity (Wildman–Crippen MR) is 113 cm³/mol. The van der Waals surface area contributed by atoms with Gasteiger partial charge in [-0.3, -0.25) is 0 Å². The Balaban J connectivity index is 1.78. The lowest BCUT2D eigenvalue weighted by atomic mass is 9.99. The molecule has 0 radical (unpaired) electrons. The normalized spacial score (nSPS) is 11.7. The Hall–Kier alpha value is -2.86. The number of carbonyl (C=O) groups is 1. The molecule has 2 amide bonds. The van der Waals surface area contributed by atoms with Gasteiger partial charge in [-0.15, -0.1) is 11.3 Å². The molecule has 1 atom stereocenters. The Kier molecular flexibility index (Phi) is 6.66. The Bertz CT molecular complexity index is 894. The quantitative estimate of drug-likeness (QED) is 0.626. The van der Waals surface area contributed by atoms with Gasteiger partial charge in [0.15, 0.2) is 0 Å². The van der Waals surface area contributed by atoms with Crippen LogP contribution in [0, 0.1) is 6.92 Å². The van der Waals surface area contributed by atoms with Gasteiger partial charge >= 0.3 is 6.03 Å². The van der Waals surface area contributed by atoms with Gasteiger partial charge in [0.2, 0.25) is 0 Å². The summed E-state index contributed by atoms with van der Waals surface area (Å²) in [7, 11) is 1.78. The van der Waals surface area contributed by atoms with Crippen LogP contribution in [-0.4, -0.2) is 29.6 Å². The van der Waals surface area contributed by atoms with Crippen LogP contribution in [-0.2, 0) is 6.54 Å². The number of aromatic nitrogens is 1. The molecule has 0 fully saturated rings. The first-order valence-corrected chi connectivity index (χ1v) is 10.1. The van der Waals surface area contributed by atoms with Crippen LogP contribution < -0.4 is 10.1 Å². The Labute approximate surface area is 170 Å². The van der Waals surface area contributed by atoms with Crippen molar-refractivity contribution in [2.45, 2.75) is 26.4 Å². The van der Waals surface area contributed by atoms with Crippen molar-refractivity contribution in [1.82, 2.24) is 15.2 Å². The van der Waals surface area contributed by atoms with E-state index in [9.17, 15) is 4.79 Å². The van der Waals surface area contributed by atoms with E-state index >= 15 is 0 Å². The maximum Gasteiger partial charge on any atom is 0.318 e. The first-order chi connectivity index (χ1) is 13.6. The van der Waals surface area contributed by atoms with E-state index in [4.69, 9.17) is 4.74 Å². The summed E-state index contributed by atoms with van der Waals surface area (Å²) >= 11 is 1.59. The molecule has 6 heteroatoms. The summed E-state index contributed by atoms with van der Waals surface area (Å²) in [5, 5.41) is 6.14. The summed E-state index contributed by atoms with van der Waals surface area (Å²) in [6.07, 6.45) is 0. The summed E-state index contributed by atoms with van der Waals surface area (Å²) < 4.78 is 5.53. The van der Waals surface area contributed by atoms with Crippen LogP contribution in [0.4, 0.5) is 4.79 Å². The van der Waals surface area contributed by atoms with Crippen molar-refractivity contribution in [3.8, 4) is 5.75 Å². The molecular formula is C22H25N3O2S. The molecule has 0 bridgehead atoms. The summed E-state index contributed by atoms with van der Waals surface area (Å²) in [6.45, 7) is 5.02. The van der Waals surface area contributed by atoms with Crippen LogP contribution in [0.2, 0.25) is 0 Å². The lowest BCUT2D eigenvalue weighted by Crippen LogP contribution is -2.39. The third-order valence-electron chi connectivity index (χ3n) is 4.34. The monoisotopic (exact) mass is 395 g/mol. The van der Waals surface area contributed by atoms with E-state index in [2.05, 4.69) is 10.3 Å². The van der Waals surface area contributed by atoms with Gasteiger partial charge in [-0.2, -0.15) is 0 Å². The highest BCUT2D eigenvalue weighted by molar-refractivity contribution is 7.09. The van der Waals surface area contributed by atoms with Crippen molar-refractivity contribution in [1.29, 1.82) is 0 Å². The SMILES string of the molecule is CCOc1ccc(C(NC(=O)N(C)Cc2csc(C)n2)c2ccccc2)cc1. The van der Waals surface area contributed by atoms with Crippen molar-refractivity contribution in [2.75, 3.05) is 13.7 Å². The second-order valence-electron chi connectivity index (χ2n) is 6.51. The molecule has 1 aromatic heterocycles. The number of hydrogen-bond acceptors (Lipinski definition) is 4. The predicted octanol–water partition coefficient (Wildman–Crippen LogP) is 4.78. The van der Waals surface area contributed by atoms with Gasteiger partial charge in [0.25, 0.3) is 0 Å². The molecule has 1 unspecified atom stereocenters. The highest BCUT2D eigenvalue weighted by atomic mass is 32.1. The zero-order valence-electron chi connectivity index (χ0n) is 16.4. The van der Waals surface area contributed by atoms with Gasteiger partial charge in [0, 0.05) is 12.4 Å². The maximum absolute atomic E-state index is 12.8. The highest BCUT2D eigenvalue weighted by Gasteiger charge is 2.19. The van der Waals surface area contributed by atoms with Gasteiger partial charge in [-0.1, -0.05) is 42.5 Å². The topological polar surface area (TPSA) is 54.5 Å². The van der Waals surface area contributed by atoms with Gasteiger partial charge < -0.3 is 15.0 Å². The number of urea groups is 1. The number of ether oxygens (including phenoxy) is 1. The fourth-order valence-electron chi connectivity index (χ4n) is 2.96. The van der Waals surface area contributed by atoms with Crippen molar-refractivity contribution in [3.63, 3.8) is 0 Å². The van der Waals surface area contributed by atoms with Crippen LogP contribution >= 0.6 is 11.3 Å². The first kappa shape index (κ1) is 19.9. The summed E-state index contributed by atoms with van der Waals surface area (Å²) in [4.78, 5) is 18.9. The zero-order valence-corrected chi connectivity index (χ0v) is 17.2. The number of rotatable bonds is 7. The molecule has 146 valence electrons. The average molecular weight is 396 g/mol. The van der Waals surface area contributed by atoms with E-state index in [0.717, 1.165) is 27.6 Å². The largest absolute Gasteiger partial charge is 0.494 e. The number of nitrogens with zero attached hydrogens (tertiary/aromatic N) is 2. The Morgan fingerprint density at radius 3 is 2.43 bits per heavy atom. The molecule has 1 heterocycles. The fourth-order valence-corrected chi connectivity index (χ4v) is 3.56. The third-order valence-corrected chi connectivity index (χ3v) is 5.16. The summed E-state index contributed by atoms with van der Waals surface area (Å²) in [5.41, 5.74) is 2.93. The van der Waals surface area contributed by atoms with E-state index in [0.29, 0.717) is 13.2 Å². The molecule has 1 N–H and O–H groups in total. The maximum atomic E-state index is 12.8. The second kappa shape index (κ2) is 9.37. The first-order valence-electron chi connectivity index (χ1n) is 9.27. The van der Waals surface area contributed by atoms with Crippen LogP contribution in [0.1, 0.15) is 34.8 Å². The van der Waals surface area contributed by atoms with E-state index in [1.807, 2.05) is 73.8 Å². The molecule has 5 nitrogen and oxygen atoms in total. The standard InChI is InChI=1S/C22H25N3O2S/c1-4-27-20-12-10-18(11-13-20)21(17-8-6-5-7-9-17)24-22(26)25(3)14-19-15-28-16(2)23-19/h5-13,15,21H,4,14H2,1-3H3,(H,24,26). The number of amides is 2. The number of hydrogen-bond donors (Lipinski definition) is 1. The zero-order chi connectivity index (χ0) is 19.9. The third kappa shape index (κ3) is 5.10. The molecule has 2 aromatic carbocycles. The van der Waals surface area contributed by atoms with Gasteiger partial charge in [0.1, 0.15) is 5.75 Å². The Morgan fingerprint density at radius 2 is 1.82 bits per heavy atom. The number of thiazole rings is 1. The van der Waals surface area contributed by atoms with Crippen molar-refractivity contribution < 1.29 is 9.53 Å². The number of carbonyl (C=O) groups excluding carboxylic acids is 1. The van der Waals surface area contributed by atoms with Crippen molar-refractivity contribution in [2.24, 2.45) is 0 Å². The highest BCUT2D eigenvalue weighted by Crippen LogP contribution is 2.24. The van der Waals surface area contributed by atoms with E-state index < -0.39 is 0 Å². The smallest absolute Gasteiger partial charge is 0.318 e. The molecule has 28 heavy (non-hydrogen) atoms. The molecule has 3 aromatic rings. The fraction of sp³-hybridized carbons (Fsp3) is 0.273. The van der Waals surface area contributed by atoms with Gasteiger partial charge in [0.05, 0.1) is 29.9 Å². The Morgan fingerprint density at radius 1 is 1.14 bits per heavy atom.